The highest BCUT2D eigenvalue weighted by molar-refractivity contribution is 7.08. The van der Waals surface area contributed by atoms with Gasteiger partial charge in [0.15, 0.2) is 0 Å². The molecule has 4 aromatic rings. The van der Waals surface area contributed by atoms with Crippen molar-refractivity contribution in [1.29, 1.82) is 0 Å². The molecule has 0 aliphatic rings. The summed E-state index contributed by atoms with van der Waals surface area (Å²) in [5.74, 6) is 0.993. The van der Waals surface area contributed by atoms with Gasteiger partial charge in [-0.2, -0.15) is 16.3 Å². The molecule has 0 aliphatic heterocycles. The molecule has 0 fully saturated rings. The molecule has 0 spiro atoms. The third-order valence-corrected chi connectivity index (χ3v) is 4.37. The first-order chi connectivity index (χ1) is 11.1. The Balaban J connectivity index is 1.84. The first-order valence-corrected chi connectivity index (χ1v) is 7.92. The van der Waals surface area contributed by atoms with E-state index in [0.29, 0.717) is 17.4 Å². The van der Waals surface area contributed by atoms with Crippen LogP contribution in [0.25, 0.3) is 33.9 Å². The van der Waals surface area contributed by atoms with Gasteiger partial charge in [-0.25, -0.2) is 4.98 Å². The lowest BCUT2D eigenvalue weighted by Crippen LogP contribution is -2.20. The molecule has 23 heavy (non-hydrogen) atoms. The lowest BCUT2D eigenvalue weighted by molar-refractivity contribution is 0.432. The number of hydrogen-bond acceptors (Lipinski definition) is 6. The van der Waals surface area contributed by atoms with Crippen LogP contribution in [0.15, 0.2) is 44.3 Å². The third-order valence-electron chi connectivity index (χ3n) is 3.69. The highest BCUT2D eigenvalue weighted by Crippen LogP contribution is 2.25. The van der Waals surface area contributed by atoms with Gasteiger partial charge in [-0.3, -0.25) is 4.79 Å². The SMILES string of the molecule is Cc1nc2cc(-c3noc(-c4ccsc4)n3)ccc2n(C)c1=O. The summed E-state index contributed by atoms with van der Waals surface area (Å²) in [7, 11) is 1.74. The summed E-state index contributed by atoms with van der Waals surface area (Å²) in [6, 6.07) is 7.51. The molecular formula is C16H12N4O2S. The Morgan fingerprint density at radius 2 is 2.04 bits per heavy atom. The van der Waals surface area contributed by atoms with Gasteiger partial charge in [0.05, 0.1) is 16.6 Å². The second kappa shape index (κ2) is 5.13. The summed E-state index contributed by atoms with van der Waals surface area (Å²) in [5.41, 5.74) is 3.57. The zero-order valence-electron chi connectivity index (χ0n) is 12.5. The second-order valence-corrected chi connectivity index (χ2v) is 5.98. The van der Waals surface area contributed by atoms with Crippen LogP contribution in [0.5, 0.6) is 0 Å². The van der Waals surface area contributed by atoms with Crippen LogP contribution in [-0.2, 0) is 7.05 Å². The molecule has 3 aromatic heterocycles. The predicted molar refractivity (Wildman–Crippen MR) is 88.3 cm³/mol. The number of benzene rings is 1. The van der Waals surface area contributed by atoms with Crippen molar-refractivity contribution in [2.24, 2.45) is 7.05 Å². The van der Waals surface area contributed by atoms with Gasteiger partial charge in [0.2, 0.25) is 5.82 Å². The molecule has 0 aliphatic carbocycles. The van der Waals surface area contributed by atoms with Gasteiger partial charge < -0.3 is 9.09 Å². The average molecular weight is 324 g/mol. The first-order valence-electron chi connectivity index (χ1n) is 6.97. The Hall–Kier alpha value is -2.80. The van der Waals surface area contributed by atoms with Crippen LogP contribution >= 0.6 is 11.3 Å². The molecule has 0 unspecified atom stereocenters. The van der Waals surface area contributed by atoms with Crippen molar-refractivity contribution in [2.75, 3.05) is 0 Å². The van der Waals surface area contributed by atoms with E-state index in [9.17, 15) is 4.79 Å². The van der Waals surface area contributed by atoms with Crippen LogP contribution in [-0.4, -0.2) is 19.7 Å². The minimum absolute atomic E-state index is 0.0930. The first kappa shape index (κ1) is 13.8. The molecule has 0 bridgehead atoms. The summed E-state index contributed by atoms with van der Waals surface area (Å²) in [4.78, 5) is 20.7. The molecule has 3 heterocycles. The van der Waals surface area contributed by atoms with E-state index in [-0.39, 0.29) is 5.56 Å². The van der Waals surface area contributed by atoms with Gasteiger partial charge >= 0.3 is 0 Å². The lowest BCUT2D eigenvalue weighted by Gasteiger charge is -2.06. The van der Waals surface area contributed by atoms with Crippen LogP contribution in [0.1, 0.15) is 5.69 Å². The number of nitrogens with zero attached hydrogens (tertiary/aromatic N) is 4. The Bertz CT molecular complexity index is 1060. The van der Waals surface area contributed by atoms with Crippen molar-refractivity contribution in [3.63, 3.8) is 0 Å². The maximum atomic E-state index is 11.9. The van der Waals surface area contributed by atoms with Gasteiger partial charge in [0, 0.05) is 18.0 Å². The van der Waals surface area contributed by atoms with Crippen LogP contribution in [0, 0.1) is 6.92 Å². The van der Waals surface area contributed by atoms with Crippen molar-refractivity contribution in [2.45, 2.75) is 6.92 Å². The fourth-order valence-corrected chi connectivity index (χ4v) is 3.09. The fraction of sp³-hybridized carbons (Fsp3) is 0.125. The number of fused-ring (bicyclic) bond motifs is 1. The van der Waals surface area contributed by atoms with E-state index in [1.807, 2.05) is 35.0 Å². The van der Waals surface area contributed by atoms with Crippen molar-refractivity contribution in [3.8, 4) is 22.8 Å². The summed E-state index contributed by atoms with van der Waals surface area (Å²) in [5, 5.41) is 7.95. The van der Waals surface area contributed by atoms with Crippen LogP contribution in [0.4, 0.5) is 0 Å². The van der Waals surface area contributed by atoms with Crippen LogP contribution < -0.4 is 5.56 Å². The molecule has 0 saturated carbocycles. The quantitative estimate of drug-likeness (QED) is 0.566. The lowest BCUT2D eigenvalue weighted by atomic mass is 10.1. The highest BCUT2D eigenvalue weighted by atomic mass is 32.1. The van der Waals surface area contributed by atoms with Crippen molar-refractivity contribution < 1.29 is 4.52 Å². The summed E-state index contributed by atoms with van der Waals surface area (Å²) >= 11 is 1.58. The highest BCUT2D eigenvalue weighted by Gasteiger charge is 2.13. The summed E-state index contributed by atoms with van der Waals surface area (Å²) in [6.07, 6.45) is 0. The Kier molecular flexibility index (Phi) is 3.09. The van der Waals surface area contributed by atoms with Crippen molar-refractivity contribution in [3.05, 3.63) is 51.1 Å². The third kappa shape index (κ3) is 2.25. The number of rotatable bonds is 2. The van der Waals surface area contributed by atoms with E-state index in [4.69, 9.17) is 4.52 Å². The van der Waals surface area contributed by atoms with Gasteiger partial charge in [0.1, 0.15) is 5.69 Å². The standard InChI is InChI=1S/C16H12N4O2S/c1-9-16(21)20(2)13-4-3-10(7-12(13)17-9)14-18-15(22-19-14)11-5-6-23-8-11/h3-8H,1-2H3. The minimum atomic E-state index is -0.0930. The van der Waals surface area contributed by atoms with Gasteiger partial charge in [-0.05, 0) is 36.6 Å². The predicted octanol–water partition coefficient (Wildman–Crippen LogP) is 3.02. The number of thiophene rings is 1. The largest absolute Gasteiger partial charge is 0.334 e. The minimum Gasteiger partial charge on any atom is -0.334 e. The van der Waals surface area contributed by atoms with Crippen molar-refractivity contribution >= 4 is 22.4 Å². The molecule has 0 atom stereocenters. The van der Waals surface area contributed by atoms with Gasteiger partial charge in [0.25, 0.3) is 11.4 Å². The number of hydrogen-bond donors (Lipinski definition) is 0. The Morgan fingerprint density at radius 3 is 2.83 bits per heavy atom. The molecule has 4 rings (SSSR count). The molecule has 0 radical (unpaired) electrons. The van der Waals surface area contributed by atoms with Crippen molar-refractivity contribution in [1.82, 2.24) is 19.7 Å². The molecular weight excluding hydrogens is 312 g/mol. The molecule has 0 N–H and O–H groups in total. The monoisotopic (exact) mass is 324 g/mol. The number of aryl methyl sites for hydroxylation is 2. The Labute approximate surface area is 135 Å². The zero-order valence-corrected chi connectivity index (χ0v) is 13.3. The Morgan fingerprint density at radius 1 is 1.17 bits per heavy atom. The van der Waals surface area contributed by atoms with E-state index in [0.717, 1.165) is 22.2 Å². The average Bonchev–Trinajstić information content (AvgIpc) is 3.23. The molecule has 0 amide bonds. The second-order valence-electron chi connectivity index (χ2n) is 5.20. The van der Waals surface area contributed by atoms with Crippen LogP contribution in [0.2, 0.25) is 0 Å². The summed E-state index contributed by atoms with van der Waals surface area (Å²) < 4.78 is 6.90. The molecule has 6 nitrogen and oxygen atoms in total. The fourth-order valence-electron chi connectivity index (χ4n) is 2.46. The van der Waals surface area contributed by atoms with E-state index in [1.165, 1.54) is 0 Å². The maximum absolute atomic E-state index is 11.9. The molecule has 7 heteroatoms. The molecule has 114 valence electrons. The smallest absolute Gasteiger partial charge is 0.272 e. The van der Waals surface area contributed by atoms with Gasteiger partial charge in [-0.1, -0.05) is 5.16 Å². The van der Waals surface area contributed by atoms with E-state index >= 15 is 0 Å². The molecule has 1 aromatic carbocycles. The van der Waals surface area contributed by atoms with E-state index in [1.54, 1.807) is 29.9 Å². The van der Waals surface area contributed by atoms with E-state index in [2.05, 4.69) is 15.1 Å². The zero-order chi connectivity index (χ0) is 16.0. The summed E-state index contributed by atoms with van der Waals surface area (Å²) in [6.45, 7) is 1.71. The van der Waals surface area contributed by atoms with Crippen LogP contribution in [0.3, 0.4) is 0 Å². The number of aromatic nitrogens is 4. The van der Waals surface area contributed by atoms with E-state index < -0.39 is 0 Å². The maximum Gasteiger partial charge on any atom is 0.272 e. The molecule has 0 saturated heterocycles. The van der Waals surface area contributed by atoms with Gasteiger partial charge in [-0.15, -0.1) is 0 Å². The normalized spacial score (nSPS) is 11.2. The topological polar surface area (TPSA) is 73.8 Å².